The largest absolute Gasteiger partial charge is 0.316 e. The smallest absolute Gasteiger partial charge is 0.0108 e. The van der Waals surface area contributed by atoms with Crippen LogP contribution in [0.3, 0.4) is 0 Å². The summed E-state index contributed by atoms with van der Waals surface area (Å²) in [5.74, 6) is 0.915. The van der Waals surface area contributed by atoms with Gasteiger partial charge in [-0.2, -0.15) is 0 Å². The zero-order valence-corrected chi connectivity index (χ0v) is 8.76. The zero-order chi connectivity index (χ0) is 9.10. The molecule has 0 saturated carbocycles. The number of piperidine rings is 1. The molecular weight excluding hydrogens is 160 g/mol. The molecule has 0 amide bonds. The van der Waals surface area contributed by atoms with Gasteiger partial charge in [-0.1, -0.05) is 6.42 Å². The molecule has 0 aromatic heterocycles. The summed E-state index contributed by atoms with van der Waals surface area (Å²) in [6, 6.07) is 0.815. The number of rotatable bonds is 2. The molecule has 2 rings (SSSR count). The van der Waals surface area contributed by atoms with Crippen molar-refractivity contribution >= 4 is 0 Å². The van der Waals surface area contributed by atoms with Crippen LogP contribution in [0.1, 0.15) is 32.6 Å². The van der Waals surface area contributed by atoms with Gasteiger partial charge in [-0.25, -0.2) is 0 Å². The summed E-state index contributed by atoms with van der Waals surface area (Å²) in [6.45, 7) is 7.60. The summed E-state index contributed by atoms with van der Waals surface area (Å²) in [5, 5.41) is 3.47. The molecule has 2 heterocycles. The van der Waals surface area contributed by atoms with E-state index in [1.54, 1.807) is 0 Å². The fraction of sp³-hybridized carbons (Fsp3) is 1.00. The molecule has 1 N–H and O–H groups in total. The number of nitrogens with zero attached hydrogens (tertiary/aromatic N) is 1. The predicted molar refractivity (Wildman–Crippen MR) is 55.9 cm³/mol. The lowest BCUT2D eigenvalue weighted by Gasteiger charge is -2.35. The second-order valence-corrected chi connectivity index (χ2v) is 4.59. The van der Waals surface area contributed by atoms with Crippen molar-refractivity contribution < 1.29 is 0 Å². The number of nitrogens with one attached hydrogen (secondary N) is 1. The van der Waals surface area contributed by atoms with E-state index in [2.05, 4.69) is 17.1 Å². The van der Waals surface area contributed by atoms with Crippen LogP contribution in [0.5, 0.6) is 0 Å². The minimum Gasteiger partial charge on any atom is -0.316 e. The van der Waals surface area contributed by atoms with Gasteiger partial charge in [-0.15, -0.1) is 0 Å². The van der Waals surface area contributed by atoms with Gasteiger partial charge in [0.15, 0.2) is 0 Å². The molecule has 2 nitrogen and oxygen atoms in total. The third-order valence-electron chi connectivity index (χ3n) is 3.75. The minimum atomic E-state index is 0.815. The van der Waals surface area contributed by atoms with Crippen molar-refractivity contribution in [2.75, 3.05) is 26.2 Å². The van der Waals surface area contributed by atoms with E-state index in [0.717, 1.165) is 12.0 Å². The molecule has 0 aromatic carbocycles. The van der Waals surface area contributed by atoms with Gasteiger partial charge >= 0.3 is 0 Å². The van der Waals surface area contributed by atoms with Crippen molar-refractivity contribution in [3.05, 3.63) is 0 Å². The maximum absolute atomic E-state index is 3.47. The highest BCUT2D eigenvalue weighted by Crippen LogP contribution is 2.21. The molecule has 2 heteroatoms. The first-order chi connectivity index (χ1) is 6.38. The number of hydrogen-bond donors (Lipinski definition) is 1. The van der Waals surface area contributed by atoms with E-state index >= 15 is 0 Å². The minimum absolute atomic E-state index is 0.815. The molecule has 76 valence electrons. The molecule has 0 bridgehead atoms. The van der Waals surface area contributed by atoms with Crippen LogP contribution in [-0.2, 0) is 0 Å². The van der Waals surface area contributed by atoms with Crippen LogP contribution in [0.15, 0.2) is 0 Å². The monoisotopic (exact) mass is 182 g/mol. The van der Waals surface area contributed by atoms with Gasteiger partial charge in [-0.05, 0) is 58.3 Å². The average Bonchev–Trinajstić information content (AvgIpc) is 2.71. The Bertz CT molecular complexity index is 146. The second-order valence-electron chi connectivity index (χ2n) is 4.59. The normalized spacial score (nSPS) is 33.5. The Hall–Kier alpha value is -0.0800. The first-order valence-electron chi connectivity index (χ1n) is 5.82. The fourth-order valence-corrected chi connectivity index (χ4v) is 2.71. The molecular formula is C11H22N2. The summed E-state index contributed by atoms with van der Waals surface area (Å²) in [4.78, 5) is 2.70. The summed E-state index contributed by atoms with van der Waals surface area (Å²) in [6.07, 6.45) is 5.68. The first kappa shape index (κ1) is 9.47. The van der Waals surface area contributed by atoms with Gasteiger partial charge in [-0.3, -0.25) is 0 Å². The first-order valence-corrected chi connectivity index (χ1v) is 5.82. The summed E-state index contributed by atoms with van der Waals surface area (Å²) in [7, 11) is 0. The zero-order valence-electron chi connectivity index (χ0n) is 8.76. The van der Waals surface area contributed by atoms with Gasteiger partial charge in [0, 0.05) is 6.04 Å². The molecule has 13 heavy (non-hydrogen) atoms. The highest BCUT2D eigenvalue weighted by Gasteiger charge is 2.26. The molecule has 0 radical (unpaired) electrons. The molecule has 0 unspecified atom stereocenters. The molecule has 2 aliphatic rings. The van der Waals surface area contributed by atoms with E-state index in [-0.39, 0.29) is 0 Å². The Labute approximate surface area is 81.7 Å². The third kappa shape index (κ3) is 2.23. The summed E-state index contributed by atoms with van der Waals surface area (Å²) >= 11 is 0. The molecule has 2 aliphatic heterocycles. The van der Waals surface area contributed by atoms with E-state index in [9.17, 15) is 0 Å². The fourth-order valence-electron chi connectivity index (χ4n) is 2.71. The molecule has 0 spiro atoms. The van der Waals surface area contributed by atoms with Gasteiger partial charge in [0.1, 0.15) is 0 Å². The molecule has 2 fully saturated rings. The van der Waals surface area contributed by atoms with E-state index < -0.39 is 0 Å². The van der Waals surface area contributed by atoms with Crippen molar-refractivity contribution in [3.63, 3.8) is 0 Å². The van der Waals surface area contributed by atoms with Crippen molar-refractivity contribution in [1.29, 1.82) is 0 Å². The molecule has 2 saturated heterocycles. The maximum atomic E-state index is 3.47. The van der Waals surface area contributed by atoms with E-state index in [1.807, 2.05) is 0 Å². The van der Waals surface area contributed by atoms with Crippen LogP contribution in [0.2, 0.25) is 0 Å². The summed E-state index contributed by atoms with van der Waals surface area (Å²) < 4.78 is 0. The Morgan fingerprint density at radius 2 is 2.00 bits per heavy atom. The Morgan fingerprint density at radius 1 is 1.23 bits per heavy atom. The maximum Gasteiger partial charge on any atom is 0.0108 e. The average molecular weight is 182 g/mol. The molecule has 0 aliphatic carbocycles. The highest BCUT2D eigenvalue weighted by atomic mass is 15.2. The van der Waals surface area contributed by atoms with Crippen LogP contribution >= 0.6 is 0 Å². The molecule has 0 aromatic rings. The van der Waals surface area contributed by atoms with Crippen LogP contribution in [0.4, 0.5) is 0 Å². The number of hydrogen-bond acceptors (Lipinski definition) is 2. The van der Waals surface area contributed by atoms with Crippen LogP contribution < -0.4 is 5.32 Å². The standard InChI is InChI=1S/C11H22N2/c1-10(11-5-6-12-9-11)13-7-3-2-4-8-13/h10-12H,2-9H2,1H3/t10-,11+/m1/s1. The predicted octanol–water partition coefficient (Wildman–Crippen LogP) is 1.47. The van der Waals surface area contributed by atoms with Crippen LogP contribution in [0, 0.1) is 5.92 Å². The Balaban J connectivity index is 1.83. The highest BCUT2D eigenvalue weighted by molar-refractivity contribution is 4.83. The second kappa shape index (κ2) is 4.43. The van der Waals surface area contributed by atoms with Crippen molar-refractivity contribution in [1.82, 2.24) is 10.2 Å². The number of likely N-dealkylation sites (tertiary alicyclic amines) is 1. The van der Waals surface area contributed by atoms with Crippen LogP contribution in [-0.4, -0.2) is 37.1 Å². The lowest BCUT2D eigenvalue weighted by atomic mass is 9.97. The topological polar surface area (TPSA) is 15.3 Å². The Morgan fingerprint density at radius 3 is 2.62 bits per heavy atom. The van der Waals surface area contributed by atoms with Gasteiger partial charge in [0.2, 0.25) is 0 Å². The third-order valence-corrected chi connectivity index (χ3v) is 3.75. The van der Waals surface area contributed by atoms with E-state index in [4.69, 9.17) is 0 Å². The van der Waals surface area contributed by atoms with Crippen molar-refractivity contribution in [2.24, 2.45) is 5.92 Å². The van der Waals surface area contributed by atoms with Crippen molar-refractivity contribution in [2.45, 2.75) is 38.6 Å². The van der Waals surface area contributed by atoms with Gasteiger partial charge in [0.05, 0.1) is 0 Å². The van der Waals surface area contributed by atoms with E-state index in [1.165, 1.54) is 51.9 Å². The van der Waals surface area contributed by atoms with Crippen molar-refractivity contribution in [3.8, 4) is 0 Å². The molecule has 2 atom stereocenters. The van der Waals surface area contributed by atoms with Gasteiger partial charge < -0.3 is 10.2 Å². The van der Waals surface area contributed by atoms with E-state index in [0.29, 0.717) is 0 Å². The lowest BCUT2D eigenvalue weighted by molar-refractivity contribution is 0.134. The lowest BCUT2D eigenvalue weighted by Crippen LogP contribution is -2.42. The SMILES string of the molecule is C[C@H]([C@H]1CCNC1)N1CCCCC1. The summed E-state index contributed by atoms with van der Waals surface area (Å²) in [5.41, 5.74) is 0. The Kier molecular flexibility index (Phi) is 3.23. The van der Waals surface area contributed by atoms with Crippen LogP contribution in [0.25, 0.3) is 0 Å². The van der Waals surface area contributed by atoms with Gasteiger partial charge in [0.25, 0.3) is 0 Å². The quantitative estimate of drug-likeness (QED) is 0.695.